The van der Waals surface area contributed by atoms with Crippen molar-refractivity contribution in [3.63, 3.8) is 0 Å². The number of quaternary nitrogens is 1. The number of amides is 4. The third kappa shape index (κ3) is 3.68. The van der Waals surface area contributed by atoms with Gasteiger partial charge in [-0.15, -0.1) is 0 Å². The number of carbonyl (C=O) groups is 3. The number of hydrazine groups is 1. The van der Waals surface area contributed by atoms with E-state index in [-0.39, 0.29) is 18.5 Å². The number of nitrogens with one attached hydrogen (secondary N) is 2. The Labute approximate surface area is 157 Å². The molecule has 1 aliphatic heterocycles. The summed E-state index contributed by atoms with van der Waals surface area (Å²) in [6.07, 6.45) is 4.11. The molecule has 1 heterocycles. The van der Waals surface area contributed by atoms with Crippen LogP contribution in [0.3, 0.4) is 0 Å². The zero-order valence-electron chi connectivity index (χ0n) is 14.8. The Morgan fingerprint density at radius 3 is 2.69 bits per heavy atom. The summed E-state index contributed by atoms with van der Waals surface area (Å²) in [7, 11) is 0. The maximum absolute atomic E-state index is 12.6. The van der Waals surface area contributed by atoms with E-state index in [9.17, 15) is 14.4 Å². The smallest absolute Gasteiger partial charge is 0.332 e. The van der Waals surface area contributed by atoms with Gasteiger partial charge >= 0.3 is 6.03 Å². The highest BCUT2D eigenvalue weighted by Crippen LogP contribution is 2.32. The lowest BCUT2D eigenvalue weighted by atomic mass is 9.82. The van der Waals surface area contributed by atoms with Crippen molar-refractivity contribution in [2.75, 3.05) is 6.54 Å². The van der Waals surface area contributed by atoms with Crippen molar-refractivity contribution in [1.82, 2.24) is 15.8 Å². The molecule has 0 radical (unpaired) electrons. The van der Waals surface area contributed by atoms with Gasteiger partial charge in [-0.1, -0.05) is 49.1 Å². The van der Waals surface area contributed by atoms with Crippen molar-refractivity contribution < 1.29 is 19.7 Å². The van der Waals surface area contributed by atoms with Crippen LogP contribution in [0.15, 0.2) is 24.3 Å². The monoisotopic (exact) mass is 379 g/mol. The standard InChI is InChI=1S/C18H23ClN4O3/c1-12(13-7-3-4-8-14(13)19)20-11-15(24)22-23-16(25)18(21-17(23)26)9-5-2-6-10-18/h3-4,7-8,12,20H,2,5-6,9-11H2,1H3,(H,21,26)(H,22,24)/p+1/t12-/m0/s1. The zero-order valence-corrected chi connectivity index (χ0v) is 15.5. The third-order valence-electron chi connectivity index (χ3n) is 5.16. The van der Waals surface area contributed by atoms with E-state index in [2.05, 4.69) is 10.7 Å². The first-order chi connectivity index (χ1) is 12.4. The summed E-state index contributed by atoms with van der Waals surface area (Å²) in [5, 5.41) is 6.06. The molecule has 0 aromatic heterocycles. The first-order valence-electron chi connectivity index (χ1n) is 8.97. The van der Waals surface area contributed by atoms with Crippen molar-refractivity contribution in [2.45, 2.75) is 50.6 Å². The second-order valence-corrected chi connectivity index (χ2v) is 7.41. The number of hydrogen-bond donors (Lipinski definition) is 3. The van der Waals surface area contributed by atoms with E-state index in [1.165, 1.54) is 0 Å². The fourth-order valence-electron chi connectivity index (χ4n) is 3.64. The van der Waals surface area contributed by atoms with Crippen molar-refractivity contribution in [3.8, 4) is 0 Å². The minimum absolute atomic E-state index is 0.0257. The summed E-state index contributed by atoms with van der Waals surface area (Å²) >= 11 is 6.17. The van der Waals surface area contributed by atoms with Gasteiger partial charge in [-0.2, -0.15) is 5.01 Å². The van der Waals surface area contributed by atoms with E-state index in [4.69, 9.17) is 11.6 Å². The number of urea groups is 1. The topological polar surface area (TPSA) is 95.1 Å². The highest BCUT2D eigenvalue weighted by molar-refractivity contribution is 6.31. The first kappa shape index (κ1) is 18.7. The van der Waals surface area contributed by atoms with Crippen LogP contribution in [0.2, 0.25) is 5.02 Å². The summed E-state index contributed by atoms with van der Waals surface area (Å²) in [5.74, 6) is -0.755. The molecule has 1 aromatic carbocycles. The molecular weight excluding hydrogens is 356 g/mol. The lowest BCUT2D eigenvalue weighted by Gasteiger charge is -2.30. The number of imide groups is 1. The fourth-order valence-corrected chi connectivity index (χ4v) is 3.95. The highest BCUT2D eigenvalue weighted by atomic mass is 35.5. The molecule has 1 atom stereocenters. The molecular formula is C18H24ClN4O3+. The molecule has 4 N–H and O–H groups in total. The molecule has 4 amide bonds. The van der Waals surface area contributed by atoms with Crippen LogP contribution in [0.1, 0.15) is 50.6 Å². The van der Waals surface area contributed by atoms with Gasteiger partial charge in [-0.3, -0.25) is 15.0 Å². The number of benzene rings is 1. The number of carbonyl (C=O) groups excluding carboxylic acids is 3. The molecule has 0 unspecified atom stereocenters. The minimum atomic E-state index is -0.836. The maximum atomic E-state index is 12.6. The van der Waals surface area contributed by atoms with Crippen LogP contribution in [-0.2, 0) is 9.59 Å². The van der Waals surface area contributed by atoms with E-state index in [1.807, 2.05) is 30.4 Å². The van der Waals surface area contributed by atoms with Crippen molar-refractivity contribution in [3.05, 3.63) is 34.9 Å². The molecule has 1 aromatic rings. The van der Waals surface area contributed by atoms with Crippen LogP contribution in [0.25, 0.3) is 0 Å². The number of rotatable bonds is 5. The van der Waals surface area contributed by atoms with Gasteiger partial charge < -0.3 is 10.6 Å². The zero-order chi connectivity index (χ0) is 18.7. The van der Waals surface area contributed by atoms with E-state index in [1.54, 1.807) is 6.07 Å². The molecule has 1 saturated carbocycles. The number of nitrogens with two attached hydrogens (primary N) is 1. The Morgan fingerprint density at radius 2 is 2.00 bits per heavy atom. The predicted octanol–water partition coefficient (Wildman–Crippen LogP) is 1.25. The van der Waals surface area contributed by atoms with Crippen molar-refractivity contribution in [2.24, 2.45) is 0 Å². The summed E-state index contributed by atoms with van der Waals surface area (Å²) in [4.78, 5) is 37.0. The normalized spacial score (nSPS) is 20.2. The molecule has 7 nitrogen and oxygen atoms in total. The summed E-state index contributed by atoms with van der Waals surface area (Å²) < 4.78 is 0. The van der Waals surface area contributed by atoms with E-state index < -0.39 is 17.5 Å². The molecule has 1 aliphatic carbocycles. The summed E-state index contributed by atoms with van der Waals surface area (Å²) in [6, 6.07) is 6.88. The first-order valence-corrected chi connectivity index (χ1v) is 9.35. The Hall–Kier alpha value is -2.12. The Kier molecular flexibility index (Phi) is 5.48. The number of nitrogens with zero attached hydrogens (tertiary/aromatic N) is 1. The Morgan fingerprint density at radius 1 is 1.31 bits per heavy atom. The van der Waals surface area contributed by atoms with Gasteiger partial charge in [0.05, 0.1) is 0 Å². The number of halogens is 1. The molecule has 1 saturated heterocycles. The van der Waals surface area contributed by atoms with Crippen molar-refractivity contribution >= 4 is 29.4 Å². The van der Waals surface area contributed by atoms with E-state index in [0.717, 1.165) is 29.8 Å². The molecule has 0 bridgehead atoms. The van der Waals surface area contributed by atoms with Crippen molar-refractivity contribution in [1.29, 1.82) is 0 Å². The molecule has 1 spiro atoms. The van der Waals surface area contributed by atoms with Gasteiger partial charge in [0.15, 0.2) is 6.54 Å². The predicted molar refractivity (Wildman–Crippen MR) is 96.0 cm³/mol. The summed E-state index contributed by atoms with van der Waals surface area (Å²) in [5.41, 5.74) is 2.53. The average Bonchev–Trinajstić information content (AvgIpc) is 2.85. The SMILES string of the molecule is C[C@H]([NH2+]CC(=O)NN1C(=O)NC2(CCCCC2)C1=O)c1ccccc1Cl. The van der Waals surface area contributed by atoms with Gasteiger partial charge in [-0.25, -0.2) is 4.79 Å². The average molecular weight is 380 g/mol. The third-order valence-corrected chi connectivity index (χ3v) is 5.50. The highest BCUT2D eigenvalue weighted by Gasteiger charge is 2.52. The van der Waals surface area contributed by atoms with Crippen LogP contribution >= 0.6 is 11.6 Å². The molecule has 3 rings (SSSR count). The second kappa shape index (κ2) is 7.63. The maximum Gasteiger partial charge on any atom is 0.344 e. The van der Waals surface area contributed by atoms with Gasteiger partial charge in [0.25, 0.3) is 11.8 Å². The Bertz CT molecular complexity index is 718. The van der Waals surface area contributed by atoms with Crippen LogP contribution < -0.4 is 16.1 Å². The molecule has 2 fully saturated rings. The molecule has 140 valence electrons. The largest absolute Gasteiger partial charge is 0.344 e. The van der Waals surface area contributed by atoms with Crippen LogP contribution in [0, 0.1) is 0 Å². The number of hydrogen-bond acceptors (Lipinski definition) is 3. The lowest BCUT2D eigenvalue weighted by molar-refractivity contribution is -0.682. The van der Waals surface area contributed by atoms with Crippen LogP contribution in [0.5, 0.6) is 0 Å². The summed E-state index contributed by atoms with van der Waals surface area (Å²) in [6.45, 7) is 2.02. The molecule has 2 aliphatic rings. The van der Waals surface area contributed by atoms with Gasteiger partial charge in [0.1, 0.15) is 11.6 Å². The minimum Gasteiger partial charge on any atom is -0.332 e. The van der Waals surface area contributed by atoms with E-state index >= 15 is 0 Å². The fraction of sp³-hybridized carbons (Fsp3) is 0.500. The molecule has 26 heavy (non-hydrogen) atoms. The lowest BCUT2D eigenvalue weighted by Crippen LogP contribution is -2.87. The van der Waals surface area contributed by atoms with Crippen LogP contribution in [-0.4, -0.2) is 34.9 Å². The van der Waals surface area contributed by atoms with E-state index in [0.29, 0.717) is 17.9 Å². The van der Waals surface area contributed by atoms with Gasteiger partial charge in [0.2, 0.25) is 0 Å². The van der Waals surface area contributed by atoms with Gasteiger partial charge in [-0.05, 0) is 25.8 Å². The quantitative estimate of drug-likeness (QED) is 0.672. The Balaban J connectivity index is 1.56. The molecule has 8 heteroatoms. The van der Waals surface area contributed by atoms with Crippen LogP contribution in [0.4, 0.5) is 4.79 Å². The second-order valence-electron chi connectivity index (χ2n) is 7.00. The van der Waals surface area contributed by atoms with Gasteiger partial charge in [0, 0.05) is 10.6 Å².